The summed E-state index contributed by atoms with van der Waals surface area (Å²) in [4.78, 5) is 15.5. The van der Waals surface area contributed by atoms with Crippen LogP contribution in [0.4, 0.5) is 0 Å². The summed E-state index contributed by atoms with van der Waals surface area (Å²) in [5.41, 5.74) is 0.270. The van der Waals surface area contributed by atoms with Crippen molar-refractivity contribution in [2.24, 2.45) is 0 Å². The zero-order chi connectivity index (χ0) is 16.6. The highest BCUT2D eigenvalue weighted by molar-refractivity contribution is 5.87. The number of hydrogen-bond donors (Lipinski definition) is 1. The Bertz CT molecular complexity index is 756. The number of aromatic nitrogens is 1. The second-order valence-electron chi connectivity index (χ2n) is 5.89. The first-order valence-electron chi connectivity index (χ1n) is 7.40. The van der Waals surface area contributed by atoms with Crippen LogP contribution in [-0.4, -0.2) is 41.5 Å². The van der Waals surface area contributed by atoms with Gasteiger partial charge in [0.1, 0.15) is 24.1 Å². The van der Waals surface area contributed by atoms with Crippen LogP contribution in [0.25, 0.3) is 10.9 Å². The fourth-order valence-corrected chi connectivity index (χ4v) is 2.76. The number of pyridine rings is 1. The topological polar surface area (TPSA) is 77.9 Å². The van der Waals surface area contributed by atoms with E-state index in [0.717, 1.165) is 16.5 Å². The van der Waals surface area contributed by atoms with Crippen molar-refractivity contribution in [3.8, 4) is 11.6 Å². The Morgan fingerprint density at radius 1 is 1.48 bits per heavy atom. The molecule has 1 N–H and O–H groups in total. The summed E-state index contributed by atoms with van der Waals surface area (Å²) in [6.45, 7) is 2.75. The van der Waals surface area contributed by atoms with Crippen molar-refractivity contribution in [3.05, 3.63) is 29.8 Å². The molecule has 2 heterocycles. The van der Waals surface area contributed by atoms with Gasteiger partial charge >= 0.3 is 5.97 Å². The average Bonchev–Trinajstić information content (AvgIpc) is 2.95. The molecule has 0 amide bonds. The number of para-hydroxylation sites is 1. The Hall–Kier alpha value is -2.34. The number of carbonyl (C=O) groups is 1. The van der Waals surface area contributed by atoms with Gasteiger partial charge in [-0.25, -0.2) is 4.98 Å². The summed E-state index contributed by atoms with van der Waals surface area (Å²) in [5, 5.41) is 11.5. The Balaban J connectivity index is 1.94. The predicted molar refractivity (Wildman–Crippen MR) is 83.7 cm³/mol. The largest absolute Gasteiger partial charge is 0.496 e. The number of ether oxygens (including phenoxy) is 3. The molecule has 0 spiro atoms. The molecule has 2 atom stereocenters. The van der Waals surface area contributed by atoms with Crippen LogP contribution in [0.2, 0.25) is 0 Å². The molecule has 2 aromatic rings. The number of nitrogens with zero attached hydrogens (tertiary/aromatic N) is 1. The third kappa shape index (κ3) is 2.82. The Morgan fingerprint density at radius 2 is 2.22 bits per heavy atom. The van der Waals surface area contributed by atoms with E-state index in [-0.39, 0.29) is 6.61 Å². The van der Waals surface area contributed by atoms with Gasteiger partial charge in [-0.05, 0) is 19.1 Å². The molecule has 6 nitrogen and oxygen atoms in total. The van der Waals surface area contributed by atoms with Crippen molar-refractivity contribution >= 4 is 16.9 Å². The number of esters is 1. The zero-order valence-corrected chi connectivity index (χ0v) is 13.3. The van der Waals surface area contributed by atoms with Gasteiger partial charge < -0.3 is 19.3 Å². The van der Waals surface area contributed by atoms with E-state index in [1.807, 2.05) is 24.3 Å². The number of methoxy groups -OCH3 is 1. The van der Waals surface area contributed by atoms with Crippen molar-refractivity contribution in [1.29, 1.82) is 0 Å². The molecule has 1 aliphatic heterocycles. The first-order chi connectivity index (χ1) is 10.9. The molecule has 1 aromatic heterocycles. The molecule has 1 aromatic carbocycles. The van der Waals surface area contributed by atoms with Crippen molar-refractivity contribution < 1.29 is 24.1 Å². The van der Waals surface area contributed by atoms with E-state index in [9.17, 15) is 9.90 Å². The Morgan fingerprint density at radius 3 is 2.91 bits per heavy atom. The van der Waals surface area contributed by atoms with Gasteiger partial charge in [0, 0.05) is 18.7 Å². The third-order valence-corrected chi connectivity index (χ3v) is 4.01. The number of rotatable bonds is 4. The Kier molecular flexibility index (Phi) is 3.85. The van der Waals surface area contributed by atoms with E-state index < -0.39 is 17.7 Å². The van der Waals surface area contributed by atoms with Crippen molar-refractivity contribution in [2.75, 3.05) is 13.7 Å². The SMILES string of the molecule is COc1c2c(nc3ccccc13)O[C@@H]([C@](C)(O)COC(C)=O)C2. The van der Waals surface area contributed by atoms with Gasteiger partial charge in [0.2, 0.25) is 5.88 Å². The third-order valence-electron chi connectivity index (χ3n) is 4.01. The van der Waals surface area contributed by atoms with Gasteiger partial charge in [0.25, 0.3) is 0 Å². The number of fused-ring (bicyclic) bond motifs is 2. The van der Waals surface area contributed by atoms with Gasteiger partial charge in [-0.3, -0.25) is 4.79 Å². The highest BCUT2D eigenvalue weighted by Gasteiger charge is 2.42. The van der Waals surface area contributed by atoms with E-state index in [0.29, 0.717) is 18.1 Å². The van der Waals surface area contributed by atoms with Crippen LogP contribution in [0.5, 0.6) is 11.6 Å². The lowest BCUT2D eigenvalue weighted by Crippen LogP contribution is -2.46. The molecule has 0 unspecified atom stereocenters. The number of benzene rings is 1. The molecule has 3 rings (SSSR count). The van der Waals surface area contributed by atoms with E-state index >= 15 is 0 Å². The molecule has 0 saturated carbocycles. The fourth-order valence-electron chi connectivity index (χ4n) is 2.76. The minimum Gasteiger partial charge on any atom is -0.496 e. The number of hydrogen-bond acceptors (Lipinski definition) is 6. The minimum absolute atomic E-state index is 0.136. The molecule has 1 aliphatic rings. The van der Waals surface area contributed by atoms with Crippen LogP contribution >= 0.6 is 0 Å². The quantitative estimate of drug-likeness (QED) is 0.867. The maximum absolute atomic E-state index is 11.0. The normalized spacial score (nSPS) is 18.9. The lowest BCUT2D eigenvalue weighted by Gasteiger charge is -2.28. The van der Waals surface area contributed by atoms with Gasteiger partial charge in [0.05, 0.1) is 18.2 Å². The summed E-state index contributed by atoms with van der Waals surface area (Å²) in [5.74, 6) is 0.715. The van der Waals surface area contributed by atoms with Crippen LogP contribution < -0.4 is 9.47 Å². The maximum Gasteiger partial charge on any atom is 0.302 e. The molecule has 0 aliphatic carbocycles. The summed E-state index contributed by atoms with van der Waals surface area (Å²) in [6.07, 6.45) is -0.125. The lowest BCUT2D eigenvalue weighted by molar-refractivity contribution is -0.153. The van der Waals surface area contributed by atoms with E-state index in [1.165, 1.54) is 6.92 Å². The van der Waals surface area contributed by atoms with Crippen molar-refractivity contribution in [3.63, 3.8) is 0 Å². The van der Waals surface area contributed by atoms with E-state index in [2.05, 4.69) is 4.98 Å². The molecule has 0 radical (unpaired) electrons. The van der Waals surface area contributed by atoms with Crippen LogP contribution in [0.15, 0.2) is 24.3 Å². The molecular formula is C17H19NO5. The van der Waals surface area contributed by atoms with Gasteiger partial charge in [-0.15, -0.1) is 0 Å². The highest BCUT2D eigenvalue weighted by atomic mass is 16.6. The number of carbonyl (C=O) groups excluding carboxylic acids is 1. The van der Waals surface area contributed by atoms with Gasteiger partial charge in [-0.2, -0.15) is 0 Å². The molecular weight excluding hydrogens is 298 g/mol. The molecule has 23 heavy (non-hydrogen) atoms. The molecule has 0 fully saturated rings. The second kappa shape index (κ2) is 5.70. The smallest absolute Gasteiger partial charge is 0.302 e. The van der Waals surface area contributed by atoms with Gasteiger partial charge in [-0.1, -0.05) is 12.1 Å². The first-order valence-corrected chi connectivity index (χ1v) is 7.40. The molecule has 0 bridgehead atoms. The molecule has 0 saturated heterocycles. The standard InChI is InChI=1S/C17H19NO5/c1-10(19)22-9-17(2,20)14-8-12-15(21-3)11-6-4-5-7-13(11)18-16(12)23-14/h4-7,14,20H,8-9H2,1-3H3/t14-,17-/m1/s1. The van der Waals surface area contributed by atoms with E-state index in [4.69, 9.17) is 14.2 Å². The monoisotopic (exact) mass is 317 g/mol. The van der Waals surface area contributed by atoms with Crippen LogP contribution in [0.3, 0.4) is 0 Å². The molecule has 122 valence electrons. The lowest BCUT2D eigenvalue weighted by atomic mass is 9.95. The summed E-state index contributed by atoms with van der Waals surface area (Å²) >= 11 is 0. The number of aliphatic hydroxyl groups is 1. The summed E-state index contributed by atoms with van der Waals surface area (Å²) < 4.78 is 16.3. The first kappa shape index (κ1) is 15.6. The minimum atomic E-state index is -1.32. The van der Waals surface area contributed by atoms with E-state index in [1.54, 1.807) is 14.0 Å². The fraction of sp³-hybridized carbons (Fsp3) is 0.412. The highest BCUT2D eigenvalue weighted by Crippen LogP contribution is 2.41. The van der Waals surface area contributed by atoms with Crippen LogP contribution in [-0.2, 0) is 16.0 Å². The maximum atomic E-state index is 11.0. The Labute approximate surface area is 134 Å². The second-order valence-corrected chi connectivity index (χ2v) is 5.89. The van der Waals surface area contributed by atoms with Gasteiger partial charge in [0.15, 0.2) is 0 Å². The van der Waals surface area contributed by atoms with Crippen LogP contribution in [0.1, 0.15) is 19.4 Å². The summed E-state index contributed by atoms with van der Waals surface area (Å²) in [6, 6.07) is 7.63. The average molecular weight is 317 g/mol. The predicted octanol–water partition coefficient (Wildman–Crippen LogP) is 1.86. The summed E-state index contributed by atoms with van der Waals surface area (Å²) in [7, 11) is 1.60. The van der Waals surface area contributed by atoms with Crippen molar-refractivity contribution in [1.82, 2.24) is 4.98 Å². The van der Waals surface area contributed by atoms with Crippen LogP contribution in [0, 0.1) is 0 Å². The molecule has 6 heteroatoms. The van der Waals surface area contributed by atoms with Crippen molar-refractivity contribution in [2.45, 2.75) is 32.0 Å². The zero-order valence-electron chi connectivity index (χ0n) is 13.3.